The molecular formula is C25H23ClN4O2S. The highest BCUT2D eigenvalue weighted by Gasteiger charge is 2.17. The molecule has 0 atom stereocenters. The number of thioether (sulfide) groups is 1. The number of benzene rings is 3. The first-order chi connectivity index (χ1) is 16.0. The van der Waals surface area contributed by atoms with Crippen LogP contribution in [0.3, 0.4) is 0 Å². The molecule has 1 amide bonds. The van der Waals surface area contributed by atoms with E-state index in [1.807, 2.05) is 79.1 Å². The molecule has 0 fully saturated rings. The summed E-state index contributed by atoms with van der Waals surface area (Å²) in [4.78, 5) is 12.5. The Morgan fingerprint density at radius 2 is 1.58 bits per heavy atom. The fraction of sp³-hybridized carbons (Fsp3) is 0.160. The normalized spacial score (nSPS) is 10.8. The molecule has 4 rings (SSSR count). The maximum Gasteiger partial charge on any atom is 0.234 e. The van der Waals surface area contributed by atoms with Gasteiger partial charge in [-0.1, -0.05) is 58.8 Å². The van der Waals surface area contributed by atoms with E-state index in [1.165, 1.54) is 11.8 Å². The lowest BCUT2D eigenvalue weighted by molar-refractivity contribution is -0.113. The summed E-state index contributed by atoms with van der Waals surface area (Å²) in [5.74, 6) is 1.45. The molecule has 0 aliphatic rings. The predicted molar refractivity (Wildman–Crippen MR) is 132 cm³/mol. The quantitative estimate of drug-likeness (QED) is 0.322. The maximum atomic E-state index is 12.5. The molecule has 0 aliphatic heterocycles. The van der Waals surface area contributed by atoms with E-state index in [2.05, 4.69) is 15.5 Å². The first-order valence-electron chi connectivity index (χ1n) is 10.4. The number of anilines is 1. The largest absolute Gasteiger partial charge is 0.486 e. The molecule has 0 saturated heterocycles. The minimum atomic E-state index is -0.119. The van der Waals surface area contributed by atoms with E-state index in [-0.39, 0.29) is 18.3 Å². The lowest BCUT2D eigenvalue weighted by Crippen LogP contribution is -2.14. The van der Waals surface area contributed by atoms with Gasteiger partial charge in [-0.15, -0.1) is 10.2 Å². The van der Waals surface area contributed by atoms with Crippen molar-refractivity contribution < 1.29 is 9.53 Å². The molecule has 1 heterocycles. The van der Waals surface area contributed by atoms with Crippen molar-refractivity contribution in [1.82, 2.24) is 14.8 Å². The van der Waals surface area contributed by atoms with E-state index in [4.69, 9.17) is 16.3 Å². The Labute approximate surface area is 202 Å². The van der Waals surface area contributed by atoms with Gasteiger partial charge in [-0.3, -0.25) is 9.36 Å². The van der Waals surface area contributed by atoms with Crippen LogP contribution in [0.25, 0.3) is 5.69 Å². The van der Waals surface area contributed by atoms with Crippen LogP contribution in [0.1, 0.15) is 17.0 Å². The van der Waals surface area contributed by atoms with Crippen molar-refractivity contribution in [3.8, 4) is 11.4 Å². The van der Waals surface area contributed by atoms with Crippen molar-refractivity contribution in [3.63, 3.8) is 0 Å². The van der Waals surface area contributed by atoms with Crippen molar-refractivity contribution in [2.45, 2.75) is 25.6 Å². The van der Waals surface area contributed by atoms with Gasteiger partial charge in [0.05, 0.1) is 5.75 Å². The van der Waals surface area contributed by atoms with Crippen LogP contribution in [0.2, 0.25) is 5.02 Å². The number of hydrogen-bond donors (Lipinski definition) is 1. The van der Waals surface area contributed by atoms with Crippen LogP contribution in [0.4, 0.5) is 5.69 Å². The molecule has 8 heteroatoms. The number of aromatic nitrogens is 3. The molecule has 0 spiro atoms. The van der Waals surface area contributed by atoms with Gasteiger partial charge in [0.15, 0.2) is 11.0 Å². The molecule has 0 radical (unpaired) electrons. The van der Waals surface area contributed by atoms with E-state index in [0.29, 0.717) is 16.0 Å². The summed E-state index contributed by atoms with van der Waals surface area (Å²) in [7, 11) is 0. The Bertz CT molecular complexity index is 1220. The minimum Gasteiger partial charge on any atom is -0.486 e. The third-order valence-corrected chi connectivity index (χ3v) is 6.02. The molecular weight excluding hydrogens is 456 g/mol. The zero-order valence-corrected chi connectivity index (χ0v) is 19.9. The van der Waals surface area contributed by atoms with Crippen LogP contribution in [-0.2, 0) is 11.4 Å². The Morgan fingerprint density at radius 1 is 0.939 bits per heavy atom. The Balaban J connectivity index is 1.50. The molecule has 0 saturated carbocycles. The number of halogens is 1. The van der Waals surface area contributed by atoms with Crippen LogP contribution in [0.15, 0.2) is 78.0 Å². The van der Waals surface area contributed by atoms with Gasteiger partial charge in [0.1, 0.15) is 12.4 Å². The summed E-state index contributed by atoms with van der Waals surface area (Å²) < 4.78 is 7.81. The van der Waals surface area contributed by atoms with Crippen LogP contribution >= 0.6 is 23.4 Å². The van der Waals surface area contributed by atoms with Crippen LogP contribution < -0.4 is 10.1 Å². The van der Waals surface area contributed by atoms with E-state index < -0.39 is 0 Å². The van der Waals surface area contributed by atoms with E-state index in [9.17, 15) is 4.79 Å². The van der Waals surface area contributed by atoms with Crippen molar-refractivity contribution in [2.75, 3.05) is 11.1 Å². The van der Waals surface area contributed by atoms with Gasteiger partial charge in [0, 0.05) is 16.4 Å². The topological polar surface area (TPSA) is 69.0 Å². The Kier molecular flexibility index (Phi) is 7.32. The average molecular weight is 479 g/mol. The third kappa shape index (κ3) is 6.15. The molecule has 3 aromatic carbocycles. The molecule has 33 heavy (non-hydrogen) atoms. The number of rotatable bonds is 8. The Morgan fingerprint density at radius 3 is 2.24 bits per heavy atom. The Hall–Kier alpha value is -3.29. The number of carbonyl (C=O) groups excluding carboxylic acids is 1. The van der Waals surface area contributed by atoms with Gasteiger partial charge in [-0.05, 0) is 62.4 Å². The number of hydrogen-bond acceptors (Lipinski definition) is 5. The second-order valence-corrected chi connectivity index (χ2v) is 8.89. The van der Waals surface area contributed by atoms with Crippen molar-refractivity contribution in [3.05, 3.63) is 94.8 Å². The smallest absolute Gasteiger partial charge is 0.234 e. The summed E-state index contributed by atoms with van der Waals surface area (Å²) >= 11 is 7.38. The second-order valence-electron chi connectivity index (χ2n) is 7.52. The molecule has 6 nitrogen and oxygen atoms in total. The first-order valence-corrected chi connectivity index (χ1v) is 11.7. The summed E-state index contributed by atoms with van der Waals surface area (Å²) in [5, 5.41) is 12.8. The highest BCUT2D eigenvalue weighted by molar-refractivity contribution is 7.99. The molecule has 4 aromatic rings. The SMILES string of the molecule is Cc1ccc(NC(=O)CSc2nnc(COc3ccc(C)cc3)n2-c2ccc(Cl)cc2)cc1. The number of amides is 1. The zero-order valence-electron chi connectivity index (χ0n) is 18.3. The lowest BCUT2D eigenvalue weighted by atomic mass is 10.2. The van der Waals surface area contributed by atoms with Gasteiger partial charge in [0.25, 0.3) is 0 Å². The fourth-order valence-electron chi connectivity index (χ4n) is 3.08. The standard InChI is InChI=1S/C25H23ClN4O2S/c1-17-3-9-20(10-4-17)27-24(31)16-33-25-29-28-23(15-32-22-13-5-18(2)6-14-22)30(25)21-11-7-19(26)8-12-21/h3-14H,15-16H2,1-2H3,(H,27,31). The minimum absolute atomic E-state index is 0.119. The number of carbonyl (C=O) groups is 1. The molecule has 0 unspecified atom stereocenters. The van der Waals surface area contributed by atoms with Gasteiger partial charge < -0.3 is 10.1 Å². The summed E-state index contributed by atoms with van der Waals surface area (Å²) in [6, 6.07) is 22.9. The highest BCUT2D eigenvalue weighted by atomic mass is 35.5. The maximum absolute atomic E-state index is 12.5. The summed E-state index contributed by atoms with van der Waals surface area (Å²) in [6.45, 7) is 4.26. The summed E-state index contributed by atoms with van der Waals surface area (Å²) in [6.07, 6.45) is 0. The second kappa shape index (κ2) is 10.6. The number of ether oxygens (including phenoxy) is 1. The van der Waals surface area contributed by atoms with Crippen LogP contribution in [0.5, 0.6) is 5.75 Å². The first kappa shape index (κ1) is 22.9. The van der Waals surface area contributed by atoms with Gasteiger partial charge in [0.2, 0.25) is 5.91 Å². The van der Waals surface area contributed by atoms with Gasteiger partial charge in [-0.25, -0.2) is 0 Å². The monoisotopic (exact) mass is 478 g/mol. The molecule has 1 aromatic heterocycles. The molecule has 168 valence electrons. The van der Waals surface area contributed by atoms with Gasteiger partial charge in [-0.2, -0.15) is 0 Å². The van der Waals surface area contributed by atoms with Crippen molar-refractivity contribution >= 4 is 35.0 Å². The van der Waals surface area contributed by atoms with E-state index >= 15 is 0 Å². The average Bonchev–Trinajstić information content (AvgIpc) is 3.22. The predicted octanol–water partition coefficient (Wildman–Crippen LogP) is 5.85. The molecule has 0 bridgehead atoms. The summed E-state index contributed by atoms with van der Waals surface area (Å²) in [5.41, 5.74) is 3.90. The molecule has 0 aliphatic carbocycles. The van der Waals surface area contributed by atoms with E-state index in [0.717, 1.165) is 28.3 Å². The lowest BCUT2D eigenvalue weighted by Gasteiger charge is -2.11. The number of nitrogens with one attached hydrogen (secondary N) is 1. The fourth-order valence-corrected chi connectivity index (χ4v) is 3.98. The third-order valence-electron chi connectivity index (χ3n) is 4.84. The zero-order chi connectivity index (χ0) is 23.2. The molecule has 1 N–H and O–H groups in total. The van der Waals surface area contributed by atoms with Crippen LogP contribution in [0, 0.1) is 13.8 Å². The number of nitrogens with zero attached hydrogens (tertiary/aromatic N) is 3. The van der Waals surface area contributed by atoms with Crippen molar-refractivity contribution in [1.29, 1.82) is 0 Å². The van der Waals surface area contributed by atoms with Crippen LogP contribution in [-0.4, -0.2) is 26.4 Å². The van der Waals surface area contributed by atoms with E-state index in [1.54, 1.807) is 12.1 Å². The number of aryl methyl sites for hydroxylation is 2. The highest BCUT2D eigenvalue weighted by Crippen LogP contribution is 2.25. The van der Waals surface area contributed by atoms with Crippen molar-refractivity contribution in [2.24, 2.45) is 0 Å². The van der Waals surface area contributed by atoms with Gasteiger partial charge >= 0.3 is 0 Å².